The Hall–Kier alpha value is -2.23. The molecule has 0 radical (unpaired) electrons. The molecule has 0 spiro atoms. The lowest BCUT2D eigenvalue weighted by atomic mass is 10.1. The molecule has 2 aromatic rings. The summed E-state index contributed by atoms with van der Waals surface area (Å²) in [5.41, 5.74) is 2.22. The zero-order valence-corrected chi connectivity index (χ0v) is 10.3. The topological polar surface area (TPSA) is 54.1 Å². The number of hydrogen-bond donors (Lipinski definition) is 2. The van der Waals surface area contributed by atoms with Gasteiger partial charge in [0.1, 0.15) is 5.75 Å². The summed E-state index contributed by atoms with van der Waals surface area (Å²) in [6.07, 6.45) is 4.02. The maximum atomic E-state index is 11.0. The van der Waals surface area contributed by atoms with Gasteiger partial charge in [0.15, 0.2) is 0 Å². The molecule has 0 atom stereocenters. The van der Waals surface area contributed by atoms with Crippen LogP contribution >= 0.6 is 0 Å². The number of aromatic nitrogens is 1. The lowest BCUT2D eigenvalue weighted by Crippen LogP contribution is -2.23. The third kappa shape index (κ3) is 2.53. The summed E-state index contributed by atoms with van der Waals surface area (Å²) in [7, 11) is 1.65. The number of amides is 1. The van der Waals surface area contributed by atoms with E-state index in [1.165, 1.54) is 11.6 Å². The molecule has 2 rings (SSSR count). The number of ether oxygens (including phenoxy) is 1. The fourth-order valence-corrected chi connectivity index (χ4v) is 1.89. The first kappa shape index (κ1) is 12.2. The molecule has 0 bridgehead atoms. The van der Waals surface area contributed by atoms with Crippen molar-refractivity contribution in [2.24, 2.45) is 0 Å². The molecule has 4 heteroatoms. The molecule has 0 fully saturated rings. The molecule has 2 N–H and O–H groups in total. The minimum absolute atomic E-state index is 0.142. The van der Waals surface area contributed by atoms with E-state index in [9.17, 15) is 4.79 Å². The summed E-state index contributed by atoms with van der Waals surface area (Å²) in [6.45, 7) is 4.01. The molecular weight excluding hydrogens is 228 g/mol. The van der Waals surface area contributed by atoms with E-state index in [1.807, 2.05) is 24.4 Å². The Labute approximate surface area is 106 Å². The molecule has 1 amide bonds. The van der Waals surface area contributed by atoms with Crippen LogP contribution in [0.2, 0.25) is 0 Å². The second kappa shape index (κ2) is 5.40. The van der Waals surface area contributed by atoms with Crippen molar-refractivity contribution < 1.29 is 9.53 Å². The Kier molecular flexibility index (Phi) is 3.67. The van der Waals surface area contributed by atoms with E-state index in [-0.39, 0.29) is 5.91 Å². The minimum Gasteiger partial charge on any atom is -0.497 e. The number of fused-ring (bicyclic) bond motifs is 1. The summed E-state index contributed by atoms with van der Waals surface area (Å²) in [5.74, 6) is 0.687. The molecule has 0 aliphatic heterocycles. The number of aromatic amines is 1. The maximum absolute atomic E-state index is 11.0. The molecule has 1 aromatic heterocycles. The minimum atomic E-state index is -0.142. The van der Waals surface area contributed by atoms with Crippen molar-refractivity contribution in [2.45, 2.75) is 6.42 Å². The van der Waals surface area contributed by atoms with Gasteiger partial charge in [0.25, 0.3) is 0 Å². The number of methoxy groups -OCH3 is 1. The number of nitrogens with one attached hydrogen (secondary N) is 2. The van der Waals surface area contributed by atoms with Gasteiger partial charge in [-0.1, -0.05) is 6.58 Å². The van der Waals surface area contributed by atoms with Crippen LogP contribution in [-0.4, -0.2) is 24.5 Å². The van der Waals surface area contributed by atoms with E-state index in [2.05, 4.69) is 16.9 Å². The third-order valence-corrected chi connectivity index (χ3v) is 2.85. The number of carbonyl (C=O) groups is 1. The molecule has 4 nitrogen and oxygen atoms in total. The van der Waals surface area contributed by atoms with Crippen LogP contribution < -0.4 is 10.1 Å². The molecular formula is C14H16N2O2. The monoisotopic (exact) mass is 244 g/mol. The van der Waals surface area contributed by atoms with E-state index < -0.39 is 0 Å². The predicted octanol–water partition coefficient (Wildman–Crippen LogP) is 2.02. The van der Waals surface area contributed by atoms with Crippen molar-refractivity contribution in [3.05, 3.63) is 42.6 Å². The Morgan fingerprint density at radius 3 is 3.11 bits per heavy atom. The van der Waals surface area contributed by atoms with Crippen molar-refractivity contribution in [2.75, 3.05) is 13.7 Å². The fraction of sp³-hybridized carbons (Fsp3) is 0.214. The Morgan fingerprint density at radius 2 is 2.39 bits per heavy atom. The lowest BCUT2D eigenvalue weighted by Gasteiger charge is -2.02. The van der Waals surface area contributed by atoms with E-state index >= 15 is 0 Å². The molecule has 0 saturated heterocycles. The van der Waals surface area contributed by atoms with Crippen molar-refractivity contribution in [1.29, 1.82) is 0 Å². The highest BCUT2D eigenvalue weighted by atomic mass is 16.5. The van der Waals surface area contributed by atoms with Gasteiger partial charge in [-0.05, 0) is 30.2 Å². The summed E-state index contributed by atoms with van der Waals surface area (Å²) < 4.78 is 5.17. The Bertz CT molecular complexity index is 572. The van der Waals surface area contributed by atoms with Crippen LogP contribution in [0.1, 0.15) is 5.56 Å². The largest absolute Gasteiger partial charge is 0.497 e. The van der Waals surface area contributed by atoms with Crippen LogP contribution in [-0.2, 0) is 11.2 Å². The number of hydrogen-bond acceptors (Lipinski definition) is 2. The molecule has 0 aliphatic carbocycles. The van der Waals surface area contributed by atoms with Crippen molar-refractivity contribution in [3.8, 4) is 5.75 Å². The highest BCUT2D eigenvalue weighted by Gasteiger charge is 2.05. The average molecular weight is 244 g/mol. The number of carbonyl (C=O) groups excluding carboxylic acids is 1. The van der Waals surface area contributed by atoms with Crippen LogP contribution in [0.3, 0.4) is 0 Å². The highest BCUT2D eigenvalue weighted by molar-refractivity contribution is 5.87. The van der Waals surface area contributed by atoms with Crippen LogP contribution in [0.15, 0.2) is 37.1 Å². The second-order valence-electron chi connectivity index (χ2n) is 3.97. The fourth-order valence-electron chi connectivity index (χ4n) is 1.89. The van der Waals surface area contributed by atoms with Gasteiger partial charge in [0.2, 0.25) is 5.91 Å². The number of H-pyrrole nitrogens is 1. The summed E-state index contributed by atoms with van der Waals surface area (Å²) in [6, 6.07) is 5.92. The average Bonchev–Trinajstić information content (AvgIpc) is 2.81. The number of benzene rings is 1. The van der Waals surface area contributed by atoms with Gasteiger partial charge in [0.05, 0.1) is 7.11 Å². The van der Waals surface area contributed by atoms with E-state index in [1.54, 1.807) is 7.11 Å². The van der Waals surface area contributed by atoms with E-state index in [0.29, 0.717) is 6.54 Å². The molecule has 0 saturated carbocycles. The normalized spacial score (nSPS) is 10.3. The van der Waals surface area contributed by atoms with Gasteiger partial charge in [0, 0.05) is 29.7 Å². The number of rotatable bonds is 5. The van der Waals surface area contributed by atoms with Crippen LogP contribution in [0.25, 0.3) is 10.9 Å². The summed E-state index contributed by atoms with van der Waals surface area (Å²) in [5, 5.41) is 3.92. The maximum Gasteiger partial charge on any atom is 0.243 e. The van der Waals surface area contributed by atoms with Gasteiger partial charge in [-0.25, -0.2) is 0 Å². The van der Waals surface area contributed by atoms with Crippen LogP contribution in [0, 0.1) is 0 Å². The SMILES string of the molecule is C=CC(=O)NCCc1c[nH]c2cc(OC)ccc12. The van der Waals surface area contributed by atoms with Gasteiger partial charge >= 0.3 is 0 Å². The summed E-state index contributed by atoms with van der Waals surface area (Å²) in [4.78, 5) is 14.2. The van der Waals surface area contributed by atoms with Gasteiger partial charge in [-0.3, -0.25) is 4.79 Å². The zero-order chi connectivity index (χ0) is 13.0. The first-order valence-corrected chi connectivity index (χ1v) is 5.79. The Balaban J connectivity index is 2.09. The first-order valence-electron chi connectivity index (χ1n) is 5.79. The standard InChI is InChI=1S/C14H16N2O2/c1-3-14(17)15-7-6-10-9-16-13-8-11(18-2)4-5-12(10)13/h3-5,8-9,16H,1,6-7H2,2H3,(H,15,17). The molecule has 1 aromatic carbocycles. The second-order valence-corrected chi connectivity index (χ2v) is 3.97. The molecule has 94 valence electrons. The van der Waals surface area contributed by atoms with Crippen molar-refractivity contribution >= 4 is 16.8 Å². The van der Waals surface area contributed by atoms with Crippen molar-refractivity contribution in [3.63, 3.8) is 0 Å². The predicted molar refractivity (Wildman–Crippen MR) is 71.8 cm³/mol. The van der Waals surface area contributed by atoms with Crippen LogP contribution in [0.5, 0.6) is 5.75 Å². The zero-order valence-electron chi connectivity index (χ0n) is 10.3. The first-order chi connectivity index (χ1) is 8.74. The van der Waals surface area contributed by atoms with Crippen molar-refractivity contribution in [1.82, 2.24) is 10.3 Å². The summed E-state index contributed by atoms with van der Waals surface area (Å²) >= 11 is 0. The van der Waals surface area contributed by atoms with Gasteiger partial charge in [-0.2, -0.15) is 0 Å². The molecule has 0 unspecified atom stereocenters. The quantitative estimate of drug-likeness (QED) is 0.791. The molecule has 0 aliphatic rings. The van der Waals surface area contributed by atoms with E-state index in [0.717, 1.165) is 23.1 Å². The van der Waals surface area contributed by atoms with E-state index in [4.69, 9.17) is 4.74 Å². The van der Waals surface area contributed by atoms with Gasteiger partial charge in [-0.15, -0.1) is 0 Å². The highest BCUT2D eigenvalue weighted by Crippen LogP contribution is 2.23. The molecule has 1 heterocycles. The van der Waals surface area contributed by atoms with Gasteiger partial charge < -0.3 is 15.0 Å². The smallest absolute Gasteiger partial charge is 0.243 e. The van der Waals surface area contributed by atoms with Crippen LogP contribution in [0.4, 0.5) is 0 Å². The Morgan fingerprint density at radius 1 is 1.56 bits per heavy atom. The third-order valence-electron chi connectivity index (χ3n) is 2.85. The molecule has 18 heavy (non-hydrogen) atoms. The lowest BCUT2D eigenvalue weighted by molar-refractivity contribution is -0.116.